The minimum Gasteiger partial charge on any atom is -0.341 e. The number of thioether (sulfide) groups is 2. The highest BCUT2D eigenvalue weighted by Gasteiger charge is 2.16. The van der Waals surface area contributed by atoms with E-state index in [2.05, 4.69) is 11.1 Å². The number of fused-ring (bicyclic) bond motifs is 1. The van der Waals surface area contributed by atoms with Gasteiger partial charge in [-0.25, -0.2) is 9.38 Å². The molecular weight excluding hydrogens is 343 g/mol. The summed E-state index contributed by atoms with van der Waals surface area (Å²) >= 11 is 3.09. The number of carbonyl (C=O) groups is 1. The first-order valence-corrected chi connectivity index (χ1v) is 9.50. The van der Waals surface area contributed by atoms with Gasteiger partial charge in [0.15, 0.2) is 0 Å². The third-order valence-electron chi connectivity index (χ3n) is 3.66. The molecule has 1 aliphatic heterocycles. The fraction of sp³-hybridized carbons (Fsp3) is 0.222. The molecule has 2 aromatic rings. The Balaban J connectivity index is 1.56. The molecule has 0 bridgehead atoms. The average Bonchev–Trinajstić information content (AvgIpc) is 2.61. The second kappa shape index (κ2) is 7.85. The highest BCUT2D eigenvalue weighted by molar-refractivity contribution is 8.38. The number of rotatable bonds is 4. The topological polar surface area (TPSA) is 32.7 Å². The largest absolute Gasteiger partial charge is 0.341 e. The number of carbonyl (C=O) groups excluding carboxylic acids is 1. The number of para-hydroxylation sites is 1. The Bertz CT molecular complexity index is 779. The molecule has 6 heteroatoms. The van der Waals surface area contributed by atoms with E-state index in [0.717, 1.165) is 15.8 Å². The molecule has 1 heterocycles. The third-order valence-corrected chi connectivity index (χ3v) is 5.89. The lowest BCUT2D eigenvalue weighted by Gasteiger charge is -2.18. The van der Waals surface area contributed by atoms with Gasteiger partial charge in [-0.2, -0.15) is 0 Å². The number of nitrogens with zero attached hydrogens (tertiary/aromatic N) is 2. The van der Waals surface area contributed by atoms with Crippen molar-refractivity contribution in [3.63, 3.8) is 0 Å². The van der Waals surface area contributed by atoms with Crippen LogP contribution in [0.15, 0.2) is 53.5 Å². The van der Waals surface area contributed by atoms with Crippen molar-refractivity contribution in [1.82, 2.24) is 4.90 Å². The van der Waals surface area contributed by atoms with Crippen molar-refractivity contribution >= 4 is 39.5 Å². The molecule has 0 unspecified atom stereocenters. The van der Waals surface area contributed by atoms with Crippen molar-refractivity contribution in [3.8, 4) is 0 Å². The van der Waals surface area contributed by atoms with Crippen molar-refractivity contribution < 1.29 is 9.18 Å². The molecule has 0 saturated heterocycles. The molecule has 24 heavy (non-hydrogen) atoms. The summed E-state index contributed by atoms with van der Waals surface area (Å²) in [5.74, 6) is 0.860. The Morgan fingerprint density at radius 1 is 1.25 bits per heavy atom. The van der Waals surface area contributed by atoms with Crippen molar-refractivity contribution in [2.75, 3.05) is 12.8 Å². The van der Waals surface area contributed by atoms with Gasteiger partial charge in [0.25, 0.3) is 0 Å². The van der Waals surface area contributed by atoms with Gasteiger partial charge in [0.2, 0.25) is 5.91 Å². The van der Waals surface area contributed by atoms with Gasteiger partial charge >= 0.3 is 0 Å². The van der Waals surface area contributed by atoms with Crippen LogP contribution in [0.2, 0.25) is 0 Å². The van der Waals surface area contributed by atoms with Gasteiger partial charge in [-0.3, -0.25) is 4.79 Å². The molecule has 0 spiro atoms. The van der Waals surface area contributed by atoms with Crippen molar-refractivity contribution in [2.45, 2.75) is 12.3 Å². The molecule has 3 nitrogen and oxygen atoms in total. The highest BCUT2D eigenvalue weighted by Crippen LogP contribution is 2.34. The van der Waals surface area contributed by atoms with E-state index < -0.39 is 0 Å². The molecule has 0 saturated carbocycles. The van der Waals surface area contributed by atoms with Gasteiger partial charge < -0.3 is 4.90 Å². The first-order valence-electron chi connectivity index (χ1n) is 7.53. The minimum atomic E-state index is -0.284. The molecule has 0 fully saturated rings. The maximum absolute atomic E-state index is 13.7. The predicted octanol–water partition coefficient (Wildman–Crippen LogP) is 4.45. The fourth-order valence-corrected chi connectivity index (χ4v) is 4.29. The number of amides is 1. The molecule has 0 aliphatic carbocycles. The molecule has 0 atom stereocenters. The Hall–Kier alpha value is -1.79. The normalized spacial score (nSPS) is 13.2. The second-order valence-corrected chi connectivity index (χ2v) is 7.61. The molecule has 1 aliphatic rings. The maximum Gasteiger partial charge on any atom is 0.233 e. The van der Waals surface area contributed by atoms with E-state index in [-0.39, 0.29) is 18.3 Å². The summed E-state index contributed by atoms with van der Waals surface area (Å²) in [4.78, 5) is 18.4. The summed E-state index contributed by atoms with van der Waals surface area (Å²) in [6.07, 6.45) is 0. The van der Waals surface area contributed by atoms with Crippen LogP contribution in [0.25, 0.3) is 0 Å². The van der Waals surface area contributed by atoms with Crippen LogP contribution in [-0.2, 0) is 17.1 Å². The molecule has 3 rings (SSSR count). The molecule has 2 aromatic carbocycles. The van der Waals surface area contributed by atoms with Gasteiger partial charge in [0.05, 0.1) is 11.4 Å². The predicted molar refractivity (Wildman–Crippen MR) is 100 cm³/mol. The fourth-order valence-electron chi connectivity index (χ4n) is 2.29. The lowest BCUT2D eigenvalue weighted by Crippen LogP contribution is -2.28. The van der Waals surface area contributed by atoms with Crippen molar-refractivity contribution in [3.05, 3.63) is 65.5 Å². The molecule has 124 valence electrons. The van der Waals surface area contributed by atoms with Gasteiger partial charge in [-0.15, -0.1) is 0 Å². The zero-order chi connectivity index (χ0) is 16.9. The van der Waals surface area contributed by atoms with E-state index in [0.29, 0.717) is 11.3 Å². The lowest BCUT2D eigenvalue weighted by atomic mass is 10.2. The first-order chi connectivity index (χ1) is 11.6. The third kappa shape index (κ3) is 4.19. The Kier molecular flexibility index (Phi) is 5.58. The number of hydrogen-bond donors (Lipinski definition) is 0. The molecule has 0 aromatic heterocycles. The van der Waals surface area contributed by atoms with E-state index in [1.54, 1.807) is 41.9 Å². The van der Waals surface area contributed by atoms with Crippen LogP contribution >= 0.6 is 23.5 Å². The Labute approximate surface area is 149 Å². The molecule has 1 amide bonds. The molecule has 0 radical (unpaired) electrons. The summed E-state index contributed by atoms with van der Waals surface area (Å²) in [5, 5.41) is 0. The van der Waals surface area contributed by atoms with Crippen LogP contribution < -0.4 is 0 Å². The van der Waals surface area contributed by atoms with E-state index in [1.807, 2.05) is 18.2 Å². The molecule has 0 N–H and O–H groups in total. The Morgan fingerprint density at radius 3 is 2.83 bits per heavy atom. The summed E-state index contributed by atoms with van der Waals surface area (Å²) < 4.78 is 14.6. The van der Waals surface area contributed by atoms with E-state index >= 15 is 0 Å². The SMILES string of the molecule is CN(Cc1ccccc1F)C(=O)CSC1=Nc2ccccc2CS1. The van der Waals surface area contributed by atoms with Gasteiger partial charge in [0, 0.05) is 24.9 Å². The lowest BCUT2D eigenvalue weighted by molar-refractivity contribution is -0.127. The van der Waals surface area contributed by atoms with Gasteiger partial charge in [0.1, 0.15) is 10.2 Å². The van der Waals surface area contributed by atoms with E-state index in [4.69, 9.17) is 0 Å². The zero-order valence-electron chi connectivity index (χ0n) is 13.2. The maximum atomic E-state index is 13.7. The summed E-state index contributed by atoms with van der Waals surface area (Å²) in [6, 6.07) is 14.6. The number of hydrogen-bond acceptors (Lipinski definition) is 4. The number of aliphatic imine (C=N–C) groups is 1. The smallest absolute Gasteiger partial charge is 0.233 e. The zero-order valence-corrected chi connectivity index (χ0v) is 14.9. The Morgan fingerprint density at radius 2 is 2.00 bits per heavy atom. The monoisotopic (exact) mass is 360 g/mol. The standard InChI is InChI=1S/C18H17FN2OS2/c1-21(10-13-6-2-4-8-15(13)19)17(22)12-24-18-20-16-9-5-3-7-14(16)11-23-18/h2-9H,10-12H2,1H3. The minimum absolute atomic E-state index is 0.0367. The average molecular weight is 360 g/mol. The van der Waals surface area contributed by atoms with Crippen LogP contribution in [0.1, 0.15) is 11.1 Å². The summed E-state index contributed by atoms with van der Waals surface area (Å²) in [7, 11) is 1.69. The summed E-state index contributed by atoms with van der Waals surface area (Å²) in [6.45, 7) is 0.272. The second-order valence-electron chi connectivity index (χ2n) is 5.42. The highest BCUT2D eigenvalue weighted by atomic mass is 32.2. The van der Waals surface area contributed by atoms with Gasteiger partial charge in [-0.05, 0) is 17.7 Å². The van der Waals surface area contributed by atoms with Crippen LogP contribution in [0.4, 0.5) is 10.1 Å². The number of benzene rings is 2. The first kappa shape index (κ1) is 17.0. The van der Waals surface area contributed by atoms with Crippen molar-refractivity contribution in [1.29, 1.82) is 0 Å². The van der Waals surface area contributed by atoms with Gasteiger partial charge in [-0.1, -0.05) is 59.9 Å². The van der Waals surface area contributed by atoms with Crippen LogP contribution in [0, 0.1) is 5.82 Å². The van der Waals surface area contributed by atoms with Crippen LogP contribution in [-0.4, -0.2) is 28.0 Å². The van der Waals surface area contributed by atoms with Crippen molar-refractivity contribution in [2.24, 2.45) is 4.99 Å². The van der Waals surface area contributed by atoms with Crippen LogP contribution in [0.5, 0.6) is 0 Å². The van der Waals surface area contributed by atoms with E-state index in [1.165, 1.54) is 23.4 Å². The summed E-state index contributed by atoms with van der Waals surface area (Å²) in [5.41, 5.74) is 2.72. The van der Waals surface area contributed by atoms with Crippen LogP contribution in [0.3, 0.4) is 0 Å². The quantitative estimate of drug-likeness (QED) is 0.807. The number of halogens is 1. The van der Waals surface area contributed by atoms with E-state index in [9.17, 15) is 9.18 Å². The molecular formula is C18H17FN2OS2.